The first-order valence-corrected chi connectivity index (χ1v) is 8.41. The smallest absolute Gasteiger partial charge is 0.407 e. The van der Waals surface area contributed by atoms with E-state index in [-0.39, 0.29) is 29.9 Å². The minimum Gasteiger partial charge on any atom is -0.444 e. The van der Waals surface area contributed by atoms with Crippen molar-refractivity contribution in [2.75, 3.05) is 33.2 Å². The third-order valence-corrected chi connectivity index (χ3v) is 2.94. The lowest BCUT2D eigenvalue weighted by Gasteiger charge is -2.19. The fourth-order valence-corrected chi connectivity index (χ4v) is 1.84. The fraction of sp³-hybridized carbons (Fsp3) is 0.529. The number of aromatic nitrogens is 1. The van der Waals surface area contributed by atoms with Crippen LogP contribution in [0.2, 0.25) is 0 Å². The number of halogens is 1. The van der Waals surface area contributed by atoms with Crippen LogP contribution in [0.25, 0.3) is 0 Å². The van der Waals surface area contributed by atoms with E-state index in [2.05, 4.69) is 31.2 Å². The Balaban J connectivity index is 0.00000676. The molecule has 0 aromatic carbocycles. The Morgan fingerprint density at radius 1 is 1.07 bits per heavy atom. The molecule has 152 valence electrons. The van der Waals surface area contributed by atoms with Crippen molar-refractivity contribution in [3.63, 3.8) is 0 Å². The second kappa shape index (κ2) is 13.1. The lowest BCUT2D eigenvalue weighted by atomic mass is 10.2. The van der Waals surface area contributed by atoms with Gasteiger partial charge in [0.15, 0.2) is 5.96 Å². The number of hydrogen-bond acceptors (Lipinski definition) is 5. The number of guanidine groups is 1. The van der Waals surface area contributed by atoms with Gasteiger partial charge in [-0.05, 0) is 32.9 Å². The number of pyridine rings is 1. The zero-order valence-electron chi connectivity index (χ0n) is 16.2. The van der Waals surface area contributed by atoms with Gasteiger partial charge in [0, 0.05) is 45.6 Å². The second-order valence-electron chi connectivity index (χ2n) is 6.35. The molecule has 1 rings (SSSR count). The van der Waals surface area contributed by atoms with Gasteiger partial charge in [-0.25, -0.2) is 4.79 Å². The highest BCUT2D eigenvalue weighted by Crippen LogP contribution is 2.05. The Morgan fingerprint density at radius 2 is 1.67 bits per heavy atom. The van der Waals surface area contributed by atoms with Crippen LogP contribution in [-0.2, 0) is 4.74 Å². The van der Waals surface area contributed by atoms with Gasteiger partial charge in [0.05, 0.1) is 5.56 Å². The predicted octanol–water partition coefficient (Wildman–Crippen LogP) is 1.12. The van der Waals surface area contributed by atoms with Crippen LogP contribution in [0.1, 0.15) is 31.1 Å². The largest absolute Gasteiger partial charge is 0.444 e. The Kier molecular flexibility index (Phi) is 12.1. The standard InChI is InChI=1S/C17H28N6O3.HI/c1-17(2,3)26-16(25)23-11-10-22-15(18-4)21-9-8-20-14(24)13-6-5-7-19-12-13;/h5-7,12H,8-11H2,1-4H3,(H,20,24)(H,23,25)(H2,18,21,22);1H. The number of nitrogens with one attached hydrogen (secondary N) is 4. The molecule has 0 aliphatic carbocycles. The van der Waals surface area contributed by atoms with Crippen molar-refractivity contribution in [1.29, 1.82) is 0 Å². The molecule has 0 spiro atoms. The van der Waals surface area contributed by atoms with Crippen molar-refractivity contribution >= 4 is 41.9 Å². The van der Waals surface area contributed by atoms with Crippen LogP contribution in [-0.4, -0.2) is 61.8 Å². The zero-order chi connectivity index (χ0) is 19.4. The third kappa shape index (κ3) is 12.0. The summed E-state index contributed by atoms with van der Waals surface area (Å²) in [5.41, 5.74) is -0.00163. The summed E-state index contributed by atoms with van der Waals surface area (Å²) < 4.78 is 5.14. The third-order valence-electron chi connectivity index (χ3n) is 2.94. The number of nitrogens with zero attached hydrogens (tertiary/aromatic N) is 2. The van der Waals surface area contributed by atoms with E-state index in [1.54, 1.807) is 25.4 Å². The minimum absolute atomic E-state index is 0. The quantitative estimate of drug-likeness (QED) is 0.196. The summed E-state index contributed by atoms with van der Waals surface area (Å²) in [6.45, 7) is 7.25. The normalized spacial score (nSPS) is 11.0. The van der Waals surface area contributed by atoms with Gasteiger partial charge in [-0.3, -0.25) is 14.8 Å². The van der Waals surface area contributed by atoms with E-state index in [0.717, 1.165) is 0 Å². The molecule has 1 aromatic heterocycles. The van der Waals surface area contributed by atoms with Crippen molar-refractivity contribution in [1.82, 2.24) is 26.3 Å². The minimum atomic E-state index is -0.519. The number of carbonyl (C=O) groups is 2. The molecule has 0 bridgehead atoms. The molecule has 10 heteroatoms. The highest BCUT2D eigenvalue weighted by atomic mass is 127. The van der Waals surface area contributed by atoms with E-state index >= 15 is 0 Å². The average molecular weight is 492 g/mol. The average Bonchev–Trinajstić information content (AvgIpc) is 2.59. The number of carbonyl (C=O) groups excluding carboxylic acids is 2. The molecule has 0 atom stereocenters. The van der Waals surface area contributed by atoms with Gasteiger partial charge in [-0.2, -0.15) is 0 Å². The second-order valence-corrected chi connectivity index (χ2v) is 6.35. The molecular formula is C17H29IN6O3. The van der Waals surface area contributed by atoms with Crippen LogP contribution in [0.5, 0.6) is 0 Å². The number of hydrogen-bond donors (Lipinski definition) is 4. The van der Waals surface area contributed by atoms with Crippen molar-refractivity contribution in [2.24, 2.45) is 4.99 Å². The van der Waals surface area contributed by atoms with E-state index in [1.807, 2.05) is 20.8 Å². The van der Waals surface area contributed by atoms with Crippen molar-refractivity contribution < 1.29 is 14.3 Å². The summed E-state index contributed by atoms with van der Waals surface area (Å²) >= 11 is 0. The molecular weight excluding hydrogens is 463 g/mol. The summed E-state index contributed by atoms with van der Waals surface area (Å²) in [5.74, 6) is 0.399. The highest BCUT2D eigenvalue weighted by molar-refractivity contribution is 14.0. The summed E-state index contributed by atoms with van der Waals surface area (Å²) in [7, 11) is 1.64. The summed E-state index contributed by atoms with van der Waals surface area (Å²) in [5, 5.41) is 11.6. The first-order chi connectivity index (χ1) is 12.3. The molecule has 0 saturated heterocycles. The van der Waals surface area contributed by atoms with Crippen LogP contribution in [0, 0.1) is 0 Å². The van der Waals surface area contributed by atoms with Gasteiger partial charge in [0.25, 0.3) is 5.91 Å². The van der Waals surface area contributed by atoms with Gasteiger partial charge in [0.1, 0.15) is 5.60 Å². The van der Waals surface area contributed by atoms with Gasteiger partial charge >= 0.3 is 6.09 Å². The molecule has 2 amide bonds. The SMILES string of the molecule is CN=C(NCCNC(=O)OC(C)(C)C)NCCNC(=O)c1cccnc1.I. The van der Waals surface area contributed by atoms with Crippen LogP contribution in [0.4, 0.5) is 4.79 Å². The first kappa shape index (κ1) is 24.9. The van der Waals surface area contributed by atoms with Gasteiger partial charge in [-0.15, -0.1) is 24.0 Å². The Morgan fingerprint density at radius 3 is 2.19 bits per heavy atom. The maximum Gasteiger partial charge on any atom is 0.407 e. The molecule has 0 unspecified atom stereocenters. The monoisotopic (exact) mass is 492 g/mol. The summed E-state index contributed by atoms with van der Waals surface area (Å²) in [6, 6.07) is 3.41. The summed E-state index contributed by atoms with van der Waals surface area (Å²) in [4.78, 5) is 31.3. The Bertz CT molecular complexity index is 604. The maximum atomic E-state index is 11.9. The van der Waals surface area contributed by atoms with Gasteiger partial charge in [0.2, 0.25) is 0 Å². The lowest BCUT2D eigenvalue weighted by Crippen LogP contribution is -2.44. The number of aliphatic imine (C=N–C) groups is 1. The number of rotatable bonds is 7. The topological polar surface area (TPSA) is 117 Å². The molecule has 1 heterocycles. The Labute approximate surface area is 177 Å². The molecule has 4 N–H and O–H groups in total. The molecule has 27 heavy (non-hydrogen) atoms. The number of ether oxygens (including phenoxy) is 1. The molecule has 0 aliphatic heterocycles. The van der Waals surface area contributed by atoms with E-state index < -0.39 is 11.7 Å². The summed E-state index contributed by atoms with van der Waals surface area (Å²) in [6.07, 6.45) is 2.67. The molecule has 0 saturated carbocycles. The Hall–Kier alpha value is -2.11. The van der Waals surface area contributed by atoms with Crippen LogP contribution in [0.3, 0.4) is 0 Å². The highest BCUT2D eigenvalue weighted by Gasteiger charge is 2.15. The molecule has 0 aliphatic rings. The first-order valence-electron chi connectivity index (χ1n) is 8.41. The molecule has 0 radical (unpaired) electrons. The van der Waals surface area contributed by atoms with E-state index in [4.69, 9.17) is 4.74 Å². The lowest BCUT2D eigenvalue weighted by molar-refractivity contribution is 0.0528. The van der Waals surface area contributed by atoms with Crippen LogP contribution >= 0.6 is 24.0 Å². The predicted molar refractivity (Wildman–Crippen MR) is 116 cm³/mol. The van der Waals surface area contributed by atoms with E-state index in [1.165, 1.54) is 6.20 Å². The number of alkyl carbamates (subject to hydrolysis) is 1. The maximum absolute atomic E-state index is 11.9. The van der Waals surface area contributed by atoms with E-state index in [9.17, 15) is 9.59 Å². The van der Waals surface area contributed by atoms with E-state index in [0.29, 0.717) is 37.7 Å². The van der Waals surface area contributed by atoms with Crippen molar-refractivity contribution in [2.45, 2.75) is 26.4 Å². The van der Waals surface area contributed by atoms with Gasteiger partial charge < -0.3 is 26.0 Å². The van der Waals surface area contributed by atoms with Crippen LogP contribution in [0.15, 0.2) is 29.5 Å². The molecule has 0 fully saturated rings. The van der Waals surface area contributed by atoms with Crippen molar-refractivity contribution in [3.05, 3.63) is 30.1 Å². The van der Waals surface area contributed by atoms with Crippen molar-refractivity contribution in [3.8, 4) is 0 Å². The fourth-order valence-electron chi connectivity index (χ4n) is 1.84. The van der Waals surface area contributed by atoms with Crippen LogP contribution < -0.4 is 21.3 Å². The molecule has 1 aromatic rings. The van der Waals surface area contributed by atoms with Gasteiger partial charge in [-0.1, -0.05) is 0 Å². The molecule has 9 nitrogen and oxygen atoms in total. The zero-order valence-corrected chi connectivity index (χ0v) is 18.5. The number of amides is 2.